The standard InChI is InChI=1S/C10H15N3O2/c1-8-6-12-13(7-8)5-3-4-11-10(15)9(2)14/h6-7H,3-5H2,1-2H3,(H,11,15). The molecule has 1 aromatic heterocycles. The molecule has 0 fully saturated rings. The van der Waals surface area contributed by atoms with Crippen LogP contribution >= 0.6 is 0 Å². The zero-order chi connectivity index (χ0) is 11.3. The Hall–Kier alpha value is -1.65. The van der Waals surface area contributed by atoms with Crippen molar-refractivity contribution >= 4 is 11.7 Å². The minimum atomic E-state index is -0.522. The van der Waals surface area contributed by atoms with E-state index >= 15 is 0 Å². The number of carbonyl (C=O) groups is 2. The third kappa shape index (κ3) is 3.93. The predicted molar refractivity (Wildman–Crippen MR) is 55.3 cm³/mol. The molecule has 1 aromatic rings. The van der Waals surface area contributed by atoms with Crippen molar-refractivity contribution in [2.45, 2.75) is 26.8 Å². The summed E-state index contributed by atoms with van der Waals surface area (Å²) in [7, 11) is 0. The van der Waals surface area contributed by atoms with Gasteiger partial charge in [-0.15, -0.1) is 0 Å². The lowest BCUT2D eigenvalue weighted by Crippen LogP contribution is -2.30. The van der Waals surface area contributed by atoms with Crippen LogP contribution < -0.4 is 5.32 Å². The minimum Gasteiger partial charge on any atom is -0.349 e. The molecule has 82 valence electrons. The Labute approximate surface area is 88.5 Å². The molecule has 0 radical (unpaired) electrons. The van der Waals surface area contributed by atoms with Crippen molar-refractivity contribution in [2.24, 2.45) is 0 Å². The van der Waals surface area contributed by atoms with Gasteiger partial charge in [-0.05, 0) is 18.9 Å². The Kier molecular flexibility index (Phi) is 4.03. The number of nitrogens with zero attached hydrogens (tertiary/aromatic N) is 2. The van der Waals surface area contributed by atoms with E-state index in [4.69, 9.17) is 0 Å². The molecule has 5 heteroatoms. The summed E-state index contributed by atoms with van der Waals surface area (Å²) in [5.74, 6) is -0.975. The minimum absolute atomic E-state index is 0.454. The number of hydrogen-bond donors (Lipinski definition) is 1. The molecule has 15 heavy (non-hydrogen) atoms. The van der Waals surface area contributed by atoms with E-state index < -0.39 is 11.7 Å². The summed E-state index contributed by atoms with van der Waals surface area (Å²) in [4.78, 5) is 21.5. The Morgan fingerprint density at radius 1 is 1.53 bits per heavy atom. The first-order chi connectivity index (χ1) is 7.09. The van der Waals surface area contributed by atoms with Gasteiger partial charge in [0.15, 0.2) is 0 Å². The zero-order valence-corrected chi connectivity index (χ0v) is 8.99. The van der Waals surface area contributed by atoms with Crippen LogP contribution in [0.5, 0.6) is 0 Å². The smallest absolute Gasteiger partial charge is 0.287 e. The fraction of sp³-hybridized carbons (Fsp3) is 0.500. The number of Topliss-reactive ketones (excluding diaryl/α,β-unsaturated/α-hetero) is 1. The monoisotopic (exact) mass is 209 g/mol. The first-order valence-electron chi connectivity index (χ1n) is 4.87. The van der Waals surface area contributed by atoms with Gasteiger partial charge >= 0.3 is 0 Å². The van der Waals surface area contributed by atoms with Gasteiger partial charge in [0.05, 0.1) is 6.20 Å². The zero-order valence-electron chi connectivity index (χ0n) is 8.99. The molecule has 0 unspecified atom stereocenters. The average Bonchev–Trinajstić information content (AvgIpc) is 2.58. The van der Waals surface area contributed by atoms with E-state index in [0.29, 0.717) is 6.54 Å². The molecule has 0 saturated carbocycles. The third-order valence-corrected chi connectivity index (χ3v) is 1.93. The number of aryl methyl sites for hydroxylation is 2. The number of carbonyl (C=O) groups excluding carboxylic acids is 2. The predicted octanol–water partition coefficient (Wildman–Crippen LogP) is 0.287. The van der Waals surface area contributed by atoms with E-state index in [0.717, 1.165) is 18.5 Å². The van der Waals surface area contributed by atoms with Crippen LogP contribution in [0.3, 0.4) is 0 Å². The second-order valence-electron chi connectivity index (χ2n) is 3.45. The first-order valence-corrected chi connectivity index (χ1v) is 4.87. The molecular formula is C10H15N3O2. The summed E-state index contributed by atoms with van der Waals surface area (Å²) in [5, 5.41) is 6.63. The molecule has 0 aromatic carbocycles. The van der Waals surface area contributed by atoms with E-state index in [2.05, 4.69) is 10.4 Å². The Morgan fingerprint density at radius 3 is 2.80 bits per heavy atom. The van der Waals surface area contributed by atoms with Crippen LogP contribution in [-0.2, 0) is 16.1 Å². The second kappa shape index (κ2) is 5.29. The lowest BCUT2D eigenvalue weighted by molar-refractivity contribution is -0.136. The highest BCUT2D eigenvalue weighted by Crippen LogP contribution is 1.95. The molecule has 1 rings (SSSR count). The molecule has 0 atom stereocenters. The number of ketones is 1. The average molecular weight is 209 g/mol. The van der Waals surface area contributed by atoms with E-state index in [-0.39, 0.29) is 0 Å². The summed E-state index contributed by atoms with van der Waals surface area (Å²) in [6, 6.07) is 0. The van der Waals surface area contributed by atoms with Crippen LogP contribution in [0.4, 0.5) is 0 Å². The number of rotatable bonds is 5. The number of nitrogens with one attached hydrogen (secondary N) is 1. The van der Waals surface area contributed by atoms with Crippen molar-refractivity contribution in [1.29, 1.82) is 0 Å². The van der Waals surface area contributed by atoms with E-state index in [1.165, 1.54) is 6.92 Å². The molecule has 0 aliphatic heterocycles. The first kappa shape index (κ1) is 11.4. The maximum atomic E-state index is 10.9. The van der Waals surface area contributed by atoms with E-state index in [9.17, 15) is 9.59 Å². The topological polar surface area (TPSA) is 64.0 Å². The molecule has 0 aliphatic carbocycles. The van der Waals surface area contributed by atoms with Gasteiger partial charge in [-0.25, -0.2) is 0 Å². The molecule has 0 bridgehead atoms. The highest BCUT2D eigenvalue weighted by atomic mass is 16.2. The van der Waals surface area contributed by atoms with Crippen LogP contribution in [0.1, 0.15) is 18.9 Å². The van der Waals surface area contributed by atoms with Crippen LogP contribution in [0.2, 0.25) is 0 Å². The Balaban J connectivity index is 2.17. The molecule has 0 spiro atoms. The van der Waals surface area contributed by atoms with Gasteiger partial charge in [-0.3, -0.25) is 14.3 Å². The van der Waals surface area contributed by atoms with Gasteiger partial charge < -0.3 is 5.32 Å². The maximum Gasteiger partial charge on any atom is 0.287 e. The lowest BCUT2D eigenvalue weighted by atomic mass is 10.3. The maximum absolute atomic E-state index is 10.9. The van der Waals surface area contributed by atoms with Gasteiger partial charge in [0.2, 0.25) is 5.78 Å². The Bertz CT molecular complexity index is 357. The fourth-order valence-corrected chi connectivity index (χ4v) is 1.16. The molecule has 0 saturated heterocycles. The van der Waals surface area contributed by atoms with E-state index in [1.54, 1.807) is 6.20 Å². The highest BCUT2D eigenvalue weighted by molar-refractivity contribution is 6.35. The van der Waals surface area contributed by atoms with Gasteiger partial charge in [0.1, 0.15) is 0 Å². The van der Waals surface area contributed by atoms with Crippen molar-refractivity contribution < 1.29 is 9.59 Å². The Morgan fingerprint density at radius 2 is 2.27 bits per heavy atom. The third-order valence-electron chi connectivity index (χ3n) is 1.93. The van der Waals surface area contributed by atoms with Gasteiger partial charge in [-0.2, -0.15) is 5.10 Å². The summed E-state index contributed by atoms with van der Waals surface area (Å²) in [5.41, 5.74) is 1.11. The quantitative estimate of drug-likeness (QED) is 0.560. The highest BCUT2D eigenvalue weighted by Gasteiger charge is 2.04. The largest absolute Gasteiger partial charge is 0.349 e. The summed E-state index contributed by atoms with van der Waals surface area (Å²) < 4.78 is 1.81. The van der Waals surface area contributed by atoms with Crippen LogP contribution in [0.25, 0.3) is 0 Å². The van der Waals surface area contributed by atoms with Crippen LogP contribution in [-0.4, -0.2) is 28.0 Å². The summed E-state index contributed by atoms with van der Waals surface area (Å²) in [6.45, 7) is 4.47. The van der Waals surface area contributed by atoms with Gasteiger partial charge in [-0.1, -0.05) is 0 Å². The lowest BCUT2D eigenvalue weighted by Gasteiger charge is -2.02. The summed E-state index contributed by atoms with van der Waals surface area (Å²) >= 11 is 0. The molecule has 1 N–H and O–H groups in total. The van der Waals surface area contributed by atoms with Gasteiger partial charge in [0.25, 0.3) is 5.91 Å². The summed E-state index contributed by atoms with van der Waals surface area (Å²) in [6.07, 6.45) is 4.49. The number of amides is 1. The number of hydrogen-bond acceptors (Lipinski definition) is 3. The number of aromatic nitrogens is 2. The van der Waals surface area contributed by atoms with E-state index in [1.807, 2.05) is 17.8 Å². The fourth-order valence-electron chi connectivity index (χ4n) is 1.16. The molecule has 1 amide bonds. The SMILES string of the molecule is CC(=O)C(=O)NCCCn1cc(C)cn1. The van der Waals surface area contributed by atoms with Gasteiger partial charge in [0, 0.05) is 26.2 Å². The second-order valence-corrected chi connectivity index (χ2v) is 3.45. The van der Waals surface area contributed by atoms with Crippen LogP contribution in [0, 0.1) is 6.92 Å². The molecule has 0 aliphatic rings. The van der Waals surface area contributed by atoms with Crippen molar-refractivity contribution in [3.8, 4) is 0 Å². The van der Waals surface area contributed by atoms with Crippen LogP contribution in [0.15, 0.2) is 12.4 Å². The molecular weight excluding hydrogens is 194 g/mol. The van der Waals surface area contributed by atoms with Crippen molar-refractivity contribution in [2.75, 3.05) is 6.54 Å². The normalized spacial score (nSPS) is 10.0. The molecule has 5 nitrogen and oxygen atoms in total. The van der Waals surface area contributed by atoms with Crippen molar-refractivity contribution in [3.05, 3.63) is 18.0 Å². The molecule has 1 heterocycles. The van der Waals surface area contributed by atoms with Crippen molar-refractivity contribution in [3.63, 3.8) is 0 Å². The van der Waals surface area contributed by atoms with Crippen molar-refractivity contribution in [1.82, 2.24) is 15.1 Å².